The molecule has 0 aliphatic carbocycles. The van der Waals surface area contributed by atoms with Crippen LogP contribution in [0.15, 0.2) is 35.8 Å². The second-order valence-corrected chi connectivity index (χ2v) is 6.30. The fraction of sp³-hybridized carbons (Fsp3) is 0.250. The first-order valence-corrected chi connectivity index (χ1v) is 8.42. The van der Waals surface area contributed by atoms with E-state index in [1.165, 1.54) is 0 Å². The smallest absolute Gasteiger partial charge is 0.361 e. The molecule has 0 bridgehead atoms. The van der Waals surface area contributed by atoms with E-state index >= 15 is 0 Å². The molecule has 2 amide bonds. The molecule has 1 unspecified atom stereocenters. The highest BCUT2D eigenvalue weighted by atomic mass is 32.1. The topological polar surface area (TPSA) is 69.8 Å². The summed E-state index contributed by atoms with van der Waals surface area (Å²) < 4.78 is 38.0. The number of halogens is 3. The van der Waals surface area contributed by atoms with Crippen molar-refractivity contribution in [1.82, 2.24) is 15.3 Å². The first-order valence-electron chi connectivity index (χ1n) is 7.54. The third-order valence-corrected chi connectivity index (χ3v) is 4.60. The number of carbonyl (C=O) groups excluding carboxylic acids is 1. The second kappa shape index (κ2) is 6.75. The summed E-state index contributed by atoms with van der Waals surface area (Å²) in [6.07, 6.45) is -2.27. The van der Waals surface area contributed by atoms with Crippen molar-refractivity contribution in [2.24, 2.45) is 0 Å². The van der Waals surface area contributed by atoms with Gasteiger partial charge in [0.15, 0.2) is 5.69 Å². The molecule has 0 aliphatic rings. The van der Waals surface area contributed by atoms with E-state index in [0.29, 0.717) is 12.1 Å². The third-order valence-electron chi connectivity index (χ3n) is 3.64. The van der Waals surface area contributed by atoms with Crippen molar-refractivity contribution in [3.63, 3.8) is 0 Å². The van der Waals surface area contributed by atoms with Crippen LogP contribution in [0.25, 0.3) is 10.9 Å². The van der Waals surface area contributed by atoms with Gasteiger partial charge in [-0.2, -0.15) is 13.2 Å². The Morgan fingerprint density at radius 2 is 2.16 bits per heavy atom. The van der Waals surface area contributed by atoms with Gasteiger partial charge in [-0.1, -0.05) is 13.0 Å². The molecule has 0 fully saturated rings. The maximum absolute atomic E-state index is 12.7. The highest BCUT2D eigenvalue weighted by molar-refractivity contribution is 7.09. The van der Waals surface area contributed by atoms with Crippen LogP contribution in [0, 0.1) is 0 Å². The molecule has 2 heterocycles. The summed E-state index contributed by atoms with van der Waals surface area (Å²) in [5, 5.41) is 7.53. The van der Waals surface area contributed by atoms with Crippen LogP contribution in [0.2, 0.25) is 0 Å². The molecule has 0 radical (unpaired) electrons. The van der Waals surface area contributed by atoms with Crippen molar-refractivity contribution in [2.75, 3.05) is 5.32 Å². The molecule has 3 aromatic rings. The van der Waals surface area contributed by atoms with Gasteiger partial charge in [-0.3, -0.25) is 0 Å². The lowest BCUT2D eigenvalue weighted by Crippen LogP contribution is -2.32. The summed E-state index contributed by atoms with van der Waals surface area (Å²) in [7, 11) is 0. The number of aromatic amines is 1. The van der Waals surface area contributed by atoms with Gasteiger partial charge in [-0.05, 0) is 30.0 Å². The van der Waals surface area contributed by atoms with Crippen LogP contribution in [0.3, 0.4) is 0 Å². The van der Waals surface area contributed by atoms with Crippen LogP contribution in [0.1, 0.15) is 30.1 Å². The molecule has 9 heteroatoms. The monoisotopic (exact) mass is 368 g/mol. The maximum Gasteiger partial charge on any atom is 0.434 e. The molecule has 0 aliphatic heterocycles. The fourth-order valence-electron chi connectivity index (χ4n) is 2.37. The second-order valence-electron chi connectivity index (χ2n) is 5.41. The number of hydrogen-bond acceptors (Lipinski definition) is 3. The third kappa shape index (κ3) is 3.93. The first kappa shape index (κ1) is 17.3. The van der Waals surface area contributed by atoms with Crippen LogP contribution in [-0.2, 0) is 6.18 Å². The first-order chi connectivity index (χ1) is 11.9. The van der Waals surface area contributed by atoms with Crippen LogP contribution in [0.5, 0.6) is 0 Å². The van der Waals surface area contributed by atoms with Crippen molar-refractivity contribution in [3.05, 3.63) is 46.5 Å². The van der Waals surface area contributed by atoms with Crippen molar-refractivity contribution in [1.29, 1.82) is 0 Å². The molecule has 3 rings (SSSR count). The zero-order chi connectivity index (χ0) is 18.0. The van der Waals surface area contributed by atoms with E-state index in [2.05, 4.69) is 20.6 Å². The Morgan fingerprint density at radius 1 is 1.36 bits per heavy atom. The van der Waals surface area contributed by atoms with Gasteiger partial charge < -0.3 is 15.6 Å². The number of nitrogens with zero attached hydrogens (tertiary/aromatic N) is 1. The number of amides is 2. The number of anilines is 1. The van der Waals surface area contributed by atoms with Crippen molar-refractivity contribution >= 4 is 34.0 Å². The lowest BCUT2D eigenvalue weighted by molar-refractivity contribution is -0.140. The Labute approximate surface area is 145 Å². The van der Waals surface area contributed by atoms with E-state index in [4.69, 9.17) is 0 Å². The van der Waals surface area contributed by atoms with E-state index in [-0.39, 0.29) is 5.01 Å². The van der Waals surface area contributed by atoms with Crippen LogP contribution in [0.4, 0.5) is 23.7 Å². The predicted octanol–water partition coefficient (Wildman–Crippen LogP) is 4.92. The molecule has 0 saturated carbocycles. The number of hydrogen-bond donors (Lipinski definition) is 3. The summed E-state index contributed by atoms with van der Waals surface area (Å²) in [4.78, 5) is 18.8. The zero-order valence-corrected chi connectivity index (χ0v) is 14.0. The van der Waals surface area contributed by atoms with E-state index in [1.807, 2.05) is 12.1 Å². The summed E-state index contributed by atoms with van der Waals surface area (Å²) in [6, 6.07) is 6.21. The summed E-state index contributed by atoms with van der Waals surface area (Å²) in [6.45, 7) is 1.77. The quantitative estimate of drug-likeness (QED) is 0.612. The van der Waals surface area contributed by atoms with Gasteiger partial charge in [0, 0.05) is 22.8 Å². The number of benzene rings is 1. The van der Waals surface area contributed by atoms with Crippen LogP contribution < -0.4 is 10.6 Å². The van der Waals surface area contributed by atoms with Gasteiger partial charge in [-0.15, -0.1) is 11.3 Å². The molecule has 0 spiro atoms. The zero-order valence-electron chi connectivity index (χ0n) is 13.1. The van der Waals surface area contributed by atoms with Gasteiger partial charge >= 0.3 is 12.2 Å². The van der Waals surface area contributed by atoms with E-state index in [9.17, 15) is 18.0 Å². The van der Waals surface area contributed by atoms with Gasteiger partial charge in [0.05, 0.1) is 6.04 Å². The number of urea groups is 1. The average molecular weight is 368 g/mol. The van der Waals surface area contributed by atoms with Gasteiger partial charge in [0.25, 0.3) is 0 Å². The minimum atomic E-state index is -4.49. The number of fused-ring (bicyclic) bond motifs is 1. The number of rotatable bonds is 4. The van der Waals surface area contributed by atoms with Gasteiger partial charge in [0.1, 0.15) is 5.01 Å². The van der Waals surface area contributed by atoms with E-state index < -0.39 is 23.9 Å². The van der Waals surface area contributed by atoms with E-state index in [0.717, 1.165) is 27.6 Å². The molecule has 0 saturated heterocycles. The number of alkyl halides is 3. The summed E-state index contributed by atoms with van der Waals surface area (Å²) >= 11 is 0.882. The summed E-state index contributed by atoms with van der Waals surface area (Å²) in [5.41, 5.74) is 0.516. The van der Waals surface area contributed by atoms with E-state index in [1.54, 1.807) is 25.3 Å². The normalized spacial score (nSPS) is 13.0. The highest BCUT2D eigenvalue weighted by Crippen LogP contribution is 2.32. The molecule has 1 aromatic carbocycles. The average Bonchev–Trinajstić information content (AvgIpc) is 3.20. The number of carbonyl (C=O) groups is 1. The molecule has 3 N–H and O–H groups in total. The Kier molecular flexibility index (Phi) is 4.67. The minimum absolute atomic E-state index is 0.227. The lowest BCUT2D eigenvalue weighted by Gasteiger charge is -2.15. The van der Waals surface area contributed by atoms with Gasteiger partial charge in [-0.25, -0.2) is 9.78 Å². The molecule has 1 atom stereocenters. The Hall–Kier alpha value is -2.55. The molecule has 5 nitrogen and oxygen atoms in total. The molecular formula is C16H15F3N4OS. The molecular weight excluding hydrogens is 353 g/mol. The SMILES string of the molecule is CCC(NC(=O)Nc1ccc2cc[nH]c2c1)c1nc(C(F)(F)F)cs1. The fourth-order valence-corrected chi connectivity index (χ4v) is 3.33. The number of H-pyrrole nitrogens is 1. The Morgan fingerprint density at radius 3 is 2.84 bits per heavy atom. The van der Waals surface area contributed by atoms with Crippen LogP contribution >= 0.6 is 11.3 Å². The maximum atomic E-state index is 12.7. The Bertz CT molecular complexity index is 887. The minimum Gasteiger partial charge on any atom is -0.361 e. The Balaban J connectivity index is 1.68. The summed E-state index contributed by atoms with van der Waals surface area (Å²) in [5.74, 6) is 0. The predicted molar refractivity (Wildman–Crippen MR) is 90.6 cm³/mol. The largest absolute Gasteiger partial charge is 0.434 e. The van der Waals surface area contributed by atoms with Crippen molar-refractivity contribution in [3.8, 4) is 0 Å². The number of aromatic nitrogens is 2. The molecule has 132 valence electrons. The van der Waals surface area contributed by atoms with Crippen molar-refractivity contribution in [2.45, 2.75) is 25.6 Å². The lowest BCUT2D eigenvalue weighted by atomic mass is 10.2. The number of thiazole rings is 1. The molecule has 25 heavy (non-hydrogen) atoms. The standard InChI is InChI=1S/C16H15F3N4OS/c1-2-11(14-23-13(8-25-14)16(17,18)19)22-15(24)21-10-4-3-9-5-6-20-12(9)7-10/h3-8,11,20H,2H2,1H3,(H2,21,22,24). The van der Waals surface area contributed by atoms with Crippen molar-refractivity contribution < 1.29 is 18.0 Å². The van der Waals surface area contributed by atoms with Gasteiger partial charge in [0.2, 0.25) is 0 Å². The van der Waals surface area contributed by atoms with Crippen LogP contribution in [-0.4, -0.2) is 16.0 Å². The molecule has 2 aromatic heterocycles. The highest BCUT2D eigenvalue weighted by Gasteiger charge is 2.34. The number of nitrogens with one attached hydrogen (secondary N) is 3.